The number of carbonyl (C=O) groups excluding carboxylic acids is 3. The fraction of sp³-hybridized carbons (Fsp3) is 0.714. The van der Waals surface area contributed by atoms with Crippen molar-refractivity contribution >= 4 is 23.7 Å². The zero-order valence-electron chi connectivity index (χ0n) is 13.8. The smallest absolute Gasteiger partial charge is 0.328 e. The van der Waals surface area contributed by atoms with Crippen LogP contribution in [0.5, 0.6) is 0 Å². The van der Waals surface area contributed by atoms with E-state index in [2.05, 4.69) is 16.0 Å². The Hall–Kier alpha value is -2.16. The summed E-state index contributed by atoms with van der Waals surface area (Å²) in [6.07, 6.45) is 0.397. The second kappa shape index (κ2) is 9.78. The van der Waals surface area contributed by atoms with E-state index in [-0.39, 0.29) is 11.8 Å². The molecule has 0 saturated heterocycles. The molecule has 0 heterocycles. The molecule has 0 aromatic rings. The first-order valence-electron chi connectivity index (χ1n) is 7.30. The molecule has 0 fully saturated rings. The van der Waals surface area contributed by atoms with Crippen LogP contribution in [0.1, 0.15) is 34.1 Å². The van der Waals surface area contributed by atoms with E-state index in [0.717, 1.165) is 0 Å². The molecule has 0 aliphatic heterocycles. The van der Waals surface area contributed by atoms with Gasteiger partial charge in [-0.15, -0.1) is 0 Å². The monoisotopic (exact) mass is 331 g/mol. The summed E-state index contributed by atoms with van der Waals surface area (Å²) in [6.45, 7) is 5.68. The van der Waals surface area contributed by atoms with Gasteiger partial charge in [0.05, 0.1) is 6.61 Å². The normalized spacial score (nSPS) is 14.5. The Kier molecular flexibility index (Phi) is 8.86. The van der Waals surface area contributed by atoms with E-state index in [1.807, 2.05) is 13.8 Å². The summed E-state index contributed by atoms with van der Waals surface area (Å²) < 4.78 is 0. The lowest BCUT2D eigenvalue weighted by Gasteiger charge is -2.22. The summed E-state index contributed by atoms with van der Waals surface area (Å²) in [7, 11) is 0. The lowest BCUT2D eigenvalue weighted by Crippen LogP contribution is -2.55. The van der Waals surface area contributed by atoms with E-state index in [4.69, 9.17) is 10.2 Å². The number of carbonyl (C=O) groups is 4. The molecule has 0 unspecified atom stereocenters. The number of nitrogens with one attached hydrogen (secondary N) is 3. The maximum absolute atomic E-state index is 12.1. The molecule has 0 saturated carbocycles. The molecule has 9 heteroatoms. The van der Waals surface area contributed by atoms with Crippen molar-refractivity contribution in [2.24, 2.45) is 5.92 Å². The molecule has 3 atom stereocenters. The van der Waals surface area contributed by atoms with Crippen LogP contribution in [0.15, 0.2) is 0 Å². The third-order valence-electron chi connectivity index (χ3n) is 2.95. The van der Waals surface area contributed by atoms with E-state index in [1.165, 1.54) is 13.8 Å². The van der Waals surface area contributed by atoms with Crippen LogP contribution in [-0.4, -0.2) is 58.6 Å². The Morgan fingerprint density at radius 1 is 0.913 bits per heavy atom. The number of hydrogen-bond donors (Lipinski definition) is 5. The summed E-state index contributed by atoms with van der Waals surface area (Å²) in [5.41, 5.74) is 0. The number of aliphatic carboxylic acids is 1. The lowest BCUT2D eigenvalue weighted by atomic mass is 10.0. The number of carboxylic acids is 1. The fourth-order valence-electron chi connectivity index (χ4n) is 1.81. The van der Waals surface area contributed by atoms with Gasteiger partial charge in [0.15, 0.2) is 0 Å². The summed E-state index contributed by atoms with van der Waals surface area (Å²) in [5, 5.41) is 24.7. The molecule has 132 valence electrons. The number of rotatable bonds is 9. The van der Waals surface area contributed by atoms with E-state index in [9.17, 15) is 19.2 Å². The molecular formula is C14H25N3O6. The highest BCUT2D eigenvalue weighted by atomic mass is 16.4. The van der Waals surface area contributed by atoms with Crippen molar-refractivity contribution in [1.29, 1.82) is 0 Å². The summed E-state index contributed by atoms with van der Waals surface area (Å²) >= 11 is 0. The molecule has 0 bridgehead atoms. The van der Waals surface area contributed by atoms with Gasteiger partial charge in [0, 0.05) is 6.92 Å². The lowest BCUT2D eigenvalue weighted by molar-refractivity contribution is -0.143. The van der Waals surface area contributed by atoms with Crippen LogP contribution in [0.2, 0.25) is 0 Å². The largest absolute Gasteiger partial charge is 0.480 e. The van der Waals surface area contributed by atoms with Crippen LogP contribution in [0.3, 0.4) is 0 Å². The predicted molar refractivity (Wildman–Crippen MR) is 81.3 cm³/mol. The van der Waals surface area contributed by atoms with Gasteiger partial charge in [-0.1, -0.05) is 13.8 Å². The topological polar surface area (TPSA) is 145 Å². The molecule has 23 heavy (non-hydrogen) atoms. The third kappa shape index (κ3) is 8.15. The Bertz CT molecular complexity index is 452. The van der Waals surface area contributed by atoms with Gasteiger partial charge in [0.25, 0.3) is 0 Å². The van der Waals surface area contributed by atoms with Gasteiger partial charge in [-0.3, -0.25) is 14.4 Å². The van der Waals surface area contributed by atoms with Crippen molar-refractivity contribution in [1.82, 2.24) is 16.0 Å². The Labute approximate surface area is 134 Å². The highest BCUT2D eigenvalue weighted by Gasteiger charge is 2.26. The summed E-state index contributed by atoms with van der Waals surface area (Å²) in [5.74, 6) is -2.88. The van der Waals surface area contributed by atoms with Gasteiger partial charge >= 0.3 is 5.97 Å². The SMILES string of the molecule is CC(=O)N[C@H](CC(C)C)C(=O)N[C@H](C)C(=O)N[C@H](CO)C(=O)O. The minimum atomic E-state index is -1.44. The fourth-order valence-corrected chi connectivity index (χ4v) is 1.81. The van der Waals surface area contributed by atoms with Crippen molar-refractivity contribution in [3.05, 3.63) is 0 Å². The Balaban J connectivity index is 4.73. The summed E-state index contributed by atoms with van der Waals surface area (Å²) in [6, 6.07) is -3.24. The van der Waals surface area contributed by atoms with Crippen molar-refractivity contribution in [2.75, 3.05) is 6.61 Å². The van der Waals surface area contributed by atoms with Gasteiger partial charge in [0.1, 0.15) is 18.1 Å². The van der Waals surface area contributed by atoms with Crippen LogP contribution < -0.4 is 16.0 Å². The average molecular weight is 331 g/mol. The maximum Gasteiger partial charge on any atom is 0.328 e. The molecule has 9 nitrogen and oxygen atoms in total. The molecule has 0 aliphatic carbocycles. The number of carboxylic acid groups (broad SMARTS) is 1. The quantitative estimate of drug-likeness (QED) is 0.351. The second-order valence-corrected chi connectivity index (χ2v) is 5.69. The first kappa shape index (κ1) is 20.8. The maximum atomic E-state index is 12.1. The zero-order chi connectivity index (χ0) is 18.2. The van der Waals surface area contributed by atoms with E-state index in [1.54, 1.807) is 0 Å². The van der Waals surface area contributed by atoms with Crippen LogP contribution >= 0.6 is 0 Å². The van der Waals surface area contributed by atoms with Gasteiger partial charge in [-0.25, -0.2) is 4.79 Å². The van der Waals surface area contributed by atoms with Crippen molar-refractivity contribution in [2.45, 2.75) is 52.2 Å². The standard InChI is InChI=1S/C14H25N3O6/c1-7(2)5-10(16-9(4)19)13(21)15-8(3)12(20)17-11(6-18)14(22)23/h7-8,10-11,18H,5-6H2,1-4H3,(H,15,21)(H,16,19)(H,17,20)(H,22,23)/t8-,10-,11-/m1/s1. The van der Waals surface area contributed by atoms with Gasteiger partial charge < -0.3 is 26.2 Å². The highest BCUT2D eigenvalue weighted by molar-refractivity contribution is 5.92. The molecule has 0 spiro atoms. The molecule has 0 rings (SSSR count). The Morgan fingerprint density at radius 3 is 1.87 bits per heavy atom. The number of aliphatic hydroxyl groups is 1. The molecule has 5 N–H and O–H groups in total. The third-order valence-corrected chi connectivity index (χ3v) is 2.95. The van der Waals surface area contributed by atoms with Crippen molar-refractivity contribution < 1.29 is 29.4 Å². The van der Waals surface area contributed by atoms with Gasteiger partial charge in [0.2, 0.25) is 17.7 Å². The van der Waals surface area contributed by atoms with E-state index < -0.39 is 42.5 Å². The number of hydrogen-bond acceptors (Lipinski definition) is 5. The van der Waals surface area contributed by atoms with Gasteiger partial charge in [-0.2, -0.15) is 0 Å². The highest BCUT2D eigenvalue weighted by Crippen LogP contribution is 2.05. The molecule has 0 radical (unpaired) electrons. The summed E-state index contributed by atoms with van der Waals surface area (Å²) in [4.78, 5) is 45.9. The molecular weight excluding hydrogens is 306 g/mol. The number of aliphatic hydroxyl groups excluding tert-OH is 1. The Morgan fingerprint density at radius 2 is 1.48 bits per heavy atom. The average Bonchev–Trinajstić information content (AvgIpc) is 2.41. The number of amides is 3. The van der Waals surface area contributed by atoms with Gasteiger partial charge in [-0.05, 0) is 19.3 Å². The van der Waals surface area contributed by atoms with Crippen LogP contribution in [-0.2, 0) is 19.2 Å². The van der Waals surface area contributed by atoms with Crippen LogP contribution in [0.4, 0.5) is 0 Å². The zero-order valence-corrected chi connectivity index (χ0v) is 13.8. The second-order valence-electron chi connectivity index (χ2n) is 5.69. The van der Waals surface area contributed by atoms with Crippen LogP contribution in [0.25, 0.3) is 0 Å². The van der Waals surface area contributed by atoms with Crippen LogP contribution in [0, 0.1) is 5.92 Å². The van der Waals surface area contributed by atoms with E-state index in [0.29, 0.717) is 6.42 Å². The van der Waals surface area contributed by atoms with Crippen molar-refractivity contribution in [3.63, 3.8) is 0 Å². The molecule has 0 aromatic carbocycles. The minimum Gasteiger partial charge on any atom is -0.480 e. The first-order valence-corrected chi connectivity index (χ1v) is 7.30. The molecule has 0 aromatic heterocycles. The molecule has 0 aliphatic rings. The molecule has 3 amide bonds. The minimum absolute atomic E-state index is 0.146. The van der Waals surface area contributed by atoms with Crippen molar-refractivity contribution in [3.8, 4) is 0 Å². The predicted octanol–water partition coefficient (Wildman–Crippen LogP) is -1.40. The van der Waals surface area contributed by atoms with E-state index >= 15 is 0 Å². The first-order chi connectivity index (χ1) is 10.6.